The minimum Gasteiger partial charge on any atom is -0.477 e. The van der Waals surface area contributed by atoms with E-state index in [1.54, 1.807) is 6.07 Å². The first-order valence-electron chi connectivity index (χ1n) is 10.6. The SMILES string of the molecule is Cc1cccc2c(=O)c(C(=O)O)c(N3CCC(CN(C)CCC#N)C3)n(C3CC3)c12. The highest BCUT2D eigenvalue weighted by Gasteiger charge is 2.36. The lowest BCUT2D eigenvalue weighted by atomic mass is 10.1. The fourth-order valence-corrected chi connectivity index (χ4v) is 4.76. The van der Waals surface area contributed by atoms with Crippen LogP contribution < -0.4 is 10.3 Å². The Morgan fingerprint density at radius 3 is 2.77 bits per heavy atom. The van der Waals surface area contributed by atoms with E-state index in [1.807, 2.05) is 26.1 Å². The zero-order valence-electron chi connectivity index (χ0n) is 17.6. The zero-order chi connectivity index (χ0) is 21.4. The van der Waals surface area contributed by atoms with Gasteiger partial charge in [-0.15, -0.1) is 0 Å². The third kappa shape index (κ3) is 3.68. The van der Waals surface area contributed by atoms with Crippen LogP contribution in [0.15, 0.2) is 23.0 Å². The smallest absolute Gasteiger partial charge is 0.343 e. The fraction of sp³-hybridized carbons (Fsp3) is 0.522. The van der Waals surface area contributed by atoms with Gasteiger partial charge in [-0.25, -0.2) is 4.79 Å². The van der Waals surface area contributed by atoms with Gasteiger partial charge in [0.05, 0.1) is 11.6 Å². The molecule has 7 heteroatoms. The summed E-state index contributed by atoms with van der Waals surface area (Å²) in [5.74, 6) is -0.188. The molecule has 0 bridgehead atoms. The van der Waals surface area contributed by atoms with Gasteiger partial charge in [-0.1, -0.05) is 12.1 Å². The standard InChI is InChI=1S/C23H28N4O3/c1-15-5-3-6-18-20(15)27(17-7-8-17)22(19(21(18)28)23(29)30)26-12-9-16(14-26)13-25(2)11-4-10-24/h3,5-6,16-17H,4,7-9,11-14H2,1-2H3,(H,29,30). The number of carbonyl (C=O) groups is 1. The molecule has 158 valence electrons. The third-order valence-electron chi connectivity index (χ3n) is 6.29. The maximum atomic E-state index is 13.2. The Kier molecular flexibility index (Phi) is 5.52. The number of aryl methyl sites for hydroxylation is 1. The molecule has 1 atom stereocenters. The third-order valence-corrected chi connectivity index (χ3v) is 6.29. The van der Waals surface area contributed by atoms with Crippen molar-refractivity contribution >= 4 is 22.7 Å². The summed E-state index contributed by atoms with van der Waals surface area (Å²) in [7, 11) is 2.02. The molecule has 7 nitrogen and oxygen atoms in total. The number of hydrogen-bond donors (Lipinski definition) is 1. The largest absolute Gasteiger partial charge is 0.477 e. The Morgan fingerprint density at radius 2 is 2.10 bits per heavy atom. The summed E-state index contributed by atoms with van der Waals surface area (Å²) in [5.41, 5.74) is 1.39. The molecule has 1 saturated carbocycles. The van der Waals surface area contributed by atoms with E-state index in [1.165, 1.54) is 0 Å². The summed E-state index contributed by atoms with van der Waals surface area (Å²) in [6, 6.07) is 7.99. The monoisotopic (exact) mass is 408 g/mol. The van der Waals surface area contributed by atoms with Gasteiger partial charge in [-0.3, -0.25) is 4.79 Å². The van der Waals surface area contributed by atoms with Crippen molar-refractivity contribution in [2.24, 2.45) is 5.92 Å². The molecule has 1 saturated heterocycles. The van der Waals surface area contributed by atoms with Crippen LogP contribution in [0.5, 0.6) is 0 Å². The molecule has 2 aromatic rings. The van der Waals surface area contributed by atoms with Gasteiger partial charge in [-0.2, -0.15) is 5.26 Å². The van der Waals surface area contributed by atoms with Crippen LogP contribution >= 0.6 is 0 Å². The molecular formula is C23H28N4O3. The van der Waals surface area contributed by atoms with E-state index in [2.05, 4.69) is 20.4 Å². The van der Waals surface area contributed by atoms with Gasteiger partial charge in [0.25, 0.3) is 0 Å². The van der Waals surface area contributed by atoms with E-state index in [-0.39, 0.29) is 17.0 Å². The van der Waals surface area contributed by atoms with Crippen molar-refractivity contribution in [1.82, 2.24) is 9.47 Å². The van der Waals surface area contributed by atoms with Crippen LogP contribution in [0.25, 0.3) is 10.9 Å². The number of anilines is 1. The van der Waals surface area contributed by atoms with Crippen LogP contribution in [0.1, 0.15) is 47.6 Å². The Labute approximate surface area is 176 Å². The van der Waals surface area contributed by atoms with Crippen molar-refractivity contribution in [2.45, 2.75) is 38.6 Å². The van der Waals surface area contributed by atoms with E-state index >= 15 is 0 Å². The van der Waals surface area contributed by atoms with Crippen molar-refractivity contribution < 1.29 is 9.90 Å². The number of fused-ring (bicyclic) bond motifs is 1. The summed E-state index contributed by atoms with van der Waals surface area (Å²) in [6.07, 6.45) is 3.46. The molecule has 1 aliphatic carbocycles. The number of aromatic nitrogens is 1. The highest BCUT2D eigenvalue weighted by Crippen LogP contribution is 2.43. The van der Waals surface area contributed by atoms with Gasteiger partial charge in [0.2, 0.25) is 5.43 Å². The van der Waals surface area contributed by atoms with Gasteiger partial charge in [0, 0.05) is 44.0 Å². The molecule has 0 radical (unpaired) electrons. The number of para-hydroxylation sites is 1. The number of benzene rings is 1. The van der Waals surface area contributed by atoms with Gasteiger partial charge in [-0.05, 0) is 50.8 Å². The number of aromatic carboxylic acids is 1. The Hall–Kier alpha value is -2.85. The van der Waals surface area contributed by atoms with E-state index in [4.69, 9.17) is 5.26 Å². The lowest BCUT2D eigenvalue weighted by Crippen LogP contribution is -2.33. The predicted octanol–water partition coefficient (Wildman–Crippen LogP) is 3.01. The molecule has 4 rings (SSSR count). The van der Waals surface area contributed by atoms with Crippen LogP contribution in [-0.4, -0.2) is 53.8 Å². The number of pyridine rings is 1. The molecule has 0 spiro atoms. The zero-order valence-corrected chi connectivity index (χ0v) is 17.6. The molecule has 2 heterocycles. The average molecular weight is 409 g/mol. The number of carboxylic acids is 1. The van der Waals surface area contributed by atoms with E-state index in [0.29, 0.717) is 23.5 Å². The quantitative estimate of drug-likeness (QED) is 0.757. The summed E-state index contributed by atoms with van der Waals surface area (Å²) >= 11 is 0. The highest BCUT2D eigenvalue weighted by atomic mass is 16.4. The van der Waals surface area contributed by atoms with Gasteiger partial charge >= 0.3 is 5.97 Å². The Balaban J connectivity index is 1.77. The molecule has 2 aliphatic rings. The second kappa shape index (κ2) is 8.11. The molecule has 1 aromatic heterocycles. The second-order valence-corrected chi connectivity index (χ2v) is 8.68. The Bertz CT molecular complexity index is 1080. The van der Waals surface area contributed by atoms with Crippen molar-refractivity contribution in [3.05, 3.63) is 39.5 Å². The minimum atomic E-state index is -1.15. The molecule has 1 aromatic carbocycles. The second-order valence-electron chi connectivity index (χ2n) is 8.68. The van der Waals surface area contributed by atoms with Crippen molar-refractivity contribution in [3.63, 3.8) is 0 Å². The van der Waals surface area contributed by atoms with Crippen LogP contribution in [0.2, 0.25) is 0 Å². The summed E-state index contributed by atoms with van der Waals surface area (Å²) < 4.78 is 2.14. The van der Waals surface area contributed by atoms with E-state index in [9.17, 15) is 14.7 Å². The summed E-state index contributed by atoms with van der Waals surface area (Å²) in [4.78, 5) is 29.7. The van der Waals surface area contributed by atoms with Crippen LogP contribution in [0.3, 0.4) is 0 Å². The van der Waals surface area contributed by atoms with Gasteiger partial charge in [0.1, 0.15) is 11.4 Å². The van der Waals surface area contributed by atoms with Gasteiger partial charge in [0.15, 0.2) is 0 Å². The first-order valence-corrected chi connectivity index (χ1v) is 10.6. The molecule has 1 aliphatic heterocycles. The first kappa shape index (κ1) is 20.4. The molecular weight excluding hydrogens is 380 g/mol. The van der Waals surface area contributed by atoms with Crippen molar-refractivity contribution in [2.75, 3.05) is 38.1 Å². The van der Waals surface area contributed by atoms with Gasteiger partial charge < -0.3 is 19.5 Å². The van der Waals surface area contributed by atoms with Crippen molar-refractivity contribution in [1.29, 1.82) is 5.26 Å². The number of nitriles is 1. The molecule has 2 fully saturated rings. The molecule has 0 amide bonds. The highest BCUT2D eigenvalue weighted by molar-refractivity contribution is 5.99. The maximum absolute atomic E-state index is 13.2. The summed E-state index contributed by atoms with van der Waals surface area (Å²) in [5, 5.41) is 19.3. The lowest BCUT2D eigenvalue weighted by Gasteiger charge is -2.28. The topological polar surface area (TPSA) is 89.6 Å². The maximum Gasteiger partial charge on any atom is 0.343 e. The normalized spacial score (nSPS) is 18.9. The van der Waals surface area contributed by atoms with Crippen molar-refractivity contribution in [3.8, 4) is 6.07 Å². The predicted molar refractivity (Wildman–Crippen MR) is 116 cm³/mol. The number of rotatable bonds is 7. The van der Waals surface area contributed by atoms with E-state index in [0.717, 1.165) is 56.5 Å². The molecule has 30 heavy (non-hydrogen) atoms. The van der Waals surface area contributed by atoms with Crippen LogP contribution in [0.4, 0.5) is 5.82 Å². The number of nitrogens with zero attached hydrogens (tertiary/aromatic N) is 4. The lowest BCUT2D eigenvalue weighted by molar-refractivity contribution is 0.0695. The van der Waals surface area contributed by atoms with E-state index < -0.39 is 5.97 Å². The number of carboxylic acid groups (broad SMARTS) is 1. The summed E-state index contributed by atoms with van der Waals surface area (Å²) in [6.45, 7) is 5.04. The molecule has 1 N–H and O–H groups in total. The fourth-order valence-electron chi connectivity index (χ4n) is 4.76. The van der Waals surface area contributed by atoms with Crippen LogP contribution in [0, 0.1) is 24.2 Å². The Morgan fingerprint density at radius 1 is 1.33 bits per heavy atom. The molecule has 1 unspecified atom stereocenters. The average Bonchev–Trinajstić information content (AvgIpc) is 3.45. The number of hydrogen-bond acceptors (Lipinski definition) is 5. The van der Waals surface area contributed by atoms with Crippen LogP contribution in [-0.2, 0) is 0 Å². The first-order chi connectivity index (χ1) is 14.4. The minimum absolute atomic E-state index is 0.0986.